The zero-order chi connectivity index (χ0) is 24.5. The van der Waals surface area contributed by atoms with E-state index in [0.717, 1.165) is 23.1 Å². The minimum absolute atomic E-state index is 0.224. The molecule has 6 nitrogen and oxygen atoms in total. The van der Waals surface area contributed by atoms with E-state index in [1.54, 1.807) is 25.1 Å². The molecule has 0 aliphatic carbocycles. The Hall–Kier alpha value is -3.54. The van der Waals surface area contributed by atoms with E-state index >= 15 is 0 Å². The Bertz CT molecular complexity index is 1160. The maximum Gasteiger partial charge on any atom is 0.305 e. The largest absolute Gasteiger partial charge is 0.491 e. The van der Waals surface area contributed by atoms with Crippen LogP contribution in [0.5, 0.6) is 5.75 Å². The number of carbonyl (C=O) groups excluding carboxylic acids is 2. The van der Waals surface area contributed by atoms with Gasteiger partial charge in [0.25, 0.3) is 0 Å². The zero-order valence-corrected chi connectivity index (χ0v) is 20.5. The molecule has 0 fully saturated rings. The Balaban J connectivity index is 1.63. The average molecular weight is 463 g/mol. The van der Waals surface area contributed by atoms with Crippen LogP contribution in [0.3, 0.4) is 0 Å². The van der Waals surface area contributed by atoms with Crippen molar-refractivity contribution in [3.05, 3.63) is 66.4 Å². The van der Waals surface area contributed by atoms with Crippen LogP contribution < -0.4 is 10.1 Å². The molecule has 1 heterocycles. The lowest BCUT2D eigenvalue weighted by atomic mass is 10.0. The number of rotatable bonds is 11. The molecule has 0 radical (unpaired) electrons. The predicted octanol–water partition coefficient (Wildman–Crippen LogP) is 6.06. The van der Waals surface area contributed by atoms with Gasteiger partial charge >= 0.3 is 5.97 Å². The summed E-state index contributed by atoms with van der Waals surface area (Å²) >= 11 is 0. The Morgan fingerprint density at radius 1 is 1.12 bits per heavy atom. The van der Waals surface area contributed by atoms with Crippen molar-refractivity contribution in [1.82, 2.24) is 4.57 Å². The van der Waals surface area contributed by atoms with Crippen molar-refractivity contribution in [3.8, 4) is 5.75 Å². The van der Waals surface area contributed by atoms with Gasteiger partial charge in [0, 0.05) is 36.1 Å². The highest BCUT2D eigenvalue weighted by Crippen LogP contribution is 2.26. The molecule has 180 valence electrons. The van der Waals surface area contributed by atoms with Crippen molar-refractivity contribution in [2.24, 2.45) is 5.92 Å². The number of allylic oxidation sites excluding steroid dienone is 1. The van der Waals surface area contributed by atoms with Crippen molar-refractivity contribution < 1.29 is 19.1 Å². The molecular formula is C28H34N2O4. The van der Waals surface area contributed by atoms with E-state index in [1.165, 1.54) is 5.52 Å². The molecule has 0 saturated carbocycles. The van der Waals surface area contributed by atoms with Crippen molar-refractivity contribution in [1.29, 1.82) is 0 Å². The van der Waals surface area contributed by atoms with Crippen LogP contribution in [0, 0.1) is 5.92 Å². The number of para-hydroxylation sites is 2. The van der Waals surface area contributed by atoms with Crippen LogP contribution in [0.15, 0.2) is 60.8 Å². The third kappa shape index (κ3) is 6.98. The fourth-order valence-corrected chi connectivity index (χ4v) is 3.77. The van der Waals surface area contributed by atoms with Gasteiger partial charge in [-0.05, 0) is 67.7 Å². The number of aromatic nitrogens is 1. The highest BCUT2D eigenvalue weighted by Gasteiger charge is 2.09. The fourth-order valence-electron chi connectivity index (χ4n) is 3.77. The van der Waals surface area contributed by atoms with E-state index in [1.807, 2.05) is 19.1 Å². The summed E-state index contributed by atoms with van der Waals surface area (Å²) in [5.41, 5.74) is 3.68. The standard InChI is InChI=1S/C28H34N2O4/c1-5-33-28(32)11-8-16-34-26-10-7-6-9-24(26)29-27(31)17-21(4)22-12-13-25-23(18-22)14-15-30(25)19-20(2)3/h6-7,9-10,12-15,17-18,20H,5,8,11,16,19H2,1-4H3,(H,29,31)/b21-17+. The first kappa shape index (κ1) is 25.1. The van der Waals surface area contributed by atoms with E-state index in [2.05, 4.69) is 54.2 Å². The molecule has 2 aromatic carbocycles. The average Bonchev–Trinajstić information content (AvgIpc) is 3.19. The molecule has 0 atom stereocenters. The second-order valence-corrected chi connectivity index (χ2v) is 8.71. The molecule has 6 heteroatoms. The summed E-state index contributed by atoms with van der Waals surface area (Å²) in [5, 5.41) is 4.07. The number of nitrogens with one attached hydrogen (secondary N) is 1. The minimum atomic E-state index is -0.233. The van der Waals surface area contributed by atoms with Gasteiger partial charge in [-0.1, -0.05) is 32.0 Å². The summed E-state index contributed by atoms with van der Waals surface area (Å²) in [6.07, 6.45) is 4.56. The van der Waals surface area contributed by atoms with Gasteiger partial charge in [0.15, 0.2) is 0 Å². The molecule has 1 aromatic heterocycles. The van der Waals surface area contributed by atoms with Gasteiger partial charge in [0.1, 0.15) is 5.75 Å². The van der Waals surface area contributed by atoms with Gasteiger partial charge in [0.2, 0.25) is 5.91 Å². The molecule has 0 unspecified atom stereocenters. The molecule has 0 bridgehead atoms. The van der Waals surface area contributed by atoms with E-state index in [-0.39, 0.29) is 11.9 Å². The summed E-state index contributed by atoms with van der Waals surface area (Å²) in [6.45, 7) is 9.84. The van der Waals surface area contributed by atoms with E-state index in [0.29, 0.717) is 43.4 Å². The minimum Gasteiger partial charge on any atom is -0.491 e. The Labute approximate surface area is 201 Å². The van der Waals surface area contributed by atoms with Gasteiger partial charge in [-0.2, -0.15) is 0 Å². The number of fused-ring (bicyclic) bond motifs is 1. The summed E-state index contributed by atoms with van der Waals surface area (Å²) in [5.74, 6) is 0.684. The lowest BCUT2D eigenvalue weighted by molar-refractivity contribution is -0.143. The second kappa shape index (κ2) is 12.1. The van der Waals surface area contributed by atoms with Gasteiger partial charge in [-0.3, -0.25) is 9.59 Å². The second-order valence-electron chi connectivity index (χ2n) is 8.71. The van der Waals surface area contributed by atoms with E-state index < -0.39 is 0 Å². The van der Waals surface area contributed by atoms with Gasteiger partial charge in [-0.15, -0.1) is 0 Å². The number of ether oxygens (including phenoxy) is 2. The lowest BCUT2D eigenvalue weighted by Crippen LogP contribution is -2.11. The maximum atomic E-state index is 12.7. The number of carbonyl (C=O) groups is 2. The third-order valence-electron chi connectivity index (χ3n) is 5.37. The number of nitrogens with zero attached hydrogens (tertiary/aromatic N) is 1. The van der Waals surface area contributed by atoms with Crippen LogP contribution >= 0.6 is 0 Å². The maximum absolute atomic E-state index is 12.7. The fraction of sp³-hybridized carbons (Fsp3) is 0.357. The van der Waals surface area contributed by atoms with Crippen LogP contribution in [0.25, 0.3) is 16.5 Å². The Morgan fingerprint density at radius 3 is 2.68 bits per heavy atom. The highest BCUT2D eigenvalue weighted by molar-refractivity contribution is 6.04. The zero-order valence-electron chi connectivity index (χ0n) is 20.5. The lowest BCUT2D eigenvalue weighted by Gasteiger charge is -2.12. The normalized spacial score (nSPS) is 11.6. The van der Waals surface area contributed by atoms with Gasteiger partial charge in [-0.25, -0.2) is 0 Å². The monoisotopic (exact) mass is 462 g/mol. The number of benzene rings is 2. The van der Waals surface area contributed by atoms with Gasteiger partial charge in [0.05, 0.1) is 18.9 Å². The molecule has 3 aromatic rings. The molecule has 0 aliphatic heterocycles. The molecule has 0 saturated heterocycles. The Kier molecular flexibility index (Phi) is 8.91. The van der Waals surface area contributed by atoms with E-state index in [4.69, 9.17) is 9.47 Å². The van der Waals surface area contributed by atoms with E-state index in [9.17, 15) is 9.59 Å². The summed E-state index contributed by atoms with van der Waals surface area (Å²) in [4.78, 5) is 24.2. The number of esters is 1. The topological polar surface area (TPSA) is 69.6 Å². The van der Waals surface area contributed by atoms with Crippen LogP contribution in [0.2, 0.25) is 0 Å². The molecule has 0 aliphatic rings. The van der Waals surface area contributed by atoms with Crippen LogP contribution in [0.4, 0.5) is 5.69 Å². The van der Waals surface area contributed by atoms with Crippen molar-refractivity contribution in [3.63, 3.8) is 0 Å². The van der Waals surface area contributed by atoms with Crippen molar-refractivity contribution >= 4 is 34.0 Å². The smallest absolute Gasteiger partial charge is 0.305 e. The Morgan fingerprint density at radius 2 is 1.91 bits per heavy atom. The molecular weight excluding hydrogens is 428 g/mol. The van der Waals surface area contributed by atoms with Crippen molar-refractivity contribution in [2.45, 2.75) is 47.1 Å². The number of hydrogen-bond acceptors (Lipinski definition) is 4. The molecule has 0 spiro atoms. The summed E-state index contributed by atoms with van der Waals surface area (Å²) in [6, 6.07) is 15.7. The summed E-state index contributed by atoms with van der Waals surface area (Å²) < 4.78 is 13.0. The van der Waals surface area contributed by atoms with Crippen molar-refractivity contribution in [2.75, 3.05) is 18.5 Å². The quantitative estimate of drug-likeness (QED) is 0.214. The number of anilines is 1. The molecule has 34 heavy (non-hydrogen) atoms. The highest BCUT2D eigenvalue weighted by atomic mass is 16.5. The number of amides is 1. The SMILES string of the molecule is CCOC(=O)CCCOc1ccccc1NC(=O)/C=C(\C)c1ccc2c(ccn2CC(C)C)c1. The molecule has 3 rings (SSSR count). The predicted molar refractivity (Wildman–Crippen MR) is 137 cm³/mol. The molecule has 1 amide bonds. The molecule has 1 N–H and O–H groups in total. The summed E-state index contributed by atoms with van der Waals surface area (Å²) in [7, 11) is 0. The van der Waals surface area contributed by atoms with Crippen LogP contribution in [-0.2, 0) is 20.9 Å². The first-order valence-corrected chi connectivity index (χ1v) is 11.8. The van der Waals surface area contributed by atoms with Gasteiger partial charge < -0.3 is 19.4 Å². The first-order chi connectivity index (χ1) is 16.4. The van der Waals surface area contributed by atoms with Crippen LogP contribution in [0.1, 0.15) is 46.1 Å². The third-order valence-corrected chi connectivity index (χ3v) is 5.37. The first-order valence-electron chi connectivity index (χ1n) is 11.8. The number of hydrogen-bond donors (Lipinski definition) is 1. The van der Waals surface area contributed by atoms with Crippen LogP contribution in [-0.4, -0.2) is 29.7 Å².